The first-order valence-electron chi connectivity index (χ1n) is 6.24. The van der Waals surface area contributed by atoms with Gasteiger partial charge in [-0.15, -0.1) is 0 Å². The predicted octanol–water partition coefficient (Wildman–Crippen LogP) is 3.50. The number of anilines is 1. The molecule has 3 nitrogen and oxygen atoms in total. The van der Waals surface area contributed by atoms with E-state index in [0.29, 0.717) is 0 Å². The number of rotatable bonds is 4. The van der Waals surface area contributed by atoms with Crippen LogP contribution in [0.1, 0.15) is 24.2 Å². The third-order valence-electron chi connectivity index (χ3n) is 3.04. The van der Waals surface area contributed by atoms with Crippen molar-refractivity contribution in [3.05, 3.63) is 58.3 Å². The van der Waals surface area contributed by atoms with E-state index < -0.39 is 0 Å². The van der Waals surface area contributed by atoms with Crippen LogP contribution in [0.5, 0.6) is 0 Å². The molecule has 0 unspecified atom stereocenters. The van der Waals surface area contributed by atoms with Crippen molar-refractivity contribution in [3.8, 4) is 0 Å². The van der Waals surface area contributed by atoms with Crippen molar-refractivity contribution < 1.29 is 0 Å². The van der Waals surface area contributed by atoms with E-state index in [4.69, 9.17) is 5.73 Å². The highest BCUT2D eigenvalue weighted by atomic mass is 79.9. The molecule has 0 radical (unpaired) electrons. The Bertz CT molecular complexity index is 540. The fraction of sp³-hybridized carbons (Fsp3) is 0.267. The van der Waals surface area contributed by atoms with Gasteiger partial charge >= 0.3 is 0 Å². The van der Waals surface area contributed by atoms with E-state index in [1.165, 1.54) is 0 Å². The molecule has 2 aromatic rings. The molecule has 0 spiro atoms. The van der Waals surface area contributed by atoms with E-state index >= 15 is 0 Å². The van der Waals surface area contributed by atoms with Gasteiger partial charge in [-0.1, -0.05) is 28.1 Å². The zero-order chi connectivity index (χ0) is 13.8. The molecule has 0 aliphatic carbocycles. The molecular formula is C15H18BrN3. The first-order valence-corrected chi connectivity index (χ1v) is 7.03. The Balaban J connectivity index is 2.16. The second-order valence-electron chi connectivity index (χ2n) is 4.67. The molecule has 1 aromatic carbocycles. The van der Waals surface area contributed by atoms with Crippen molar-refractivity contribution in [2.45, 2.75) is 19.5 Å². The first kappa shape index (κ1) is 14.0. The van der Waals surface area contributed by atoms with Crippen LogP contribution in [0.15, 0.2) is 47.1 Å². The average Bonchev–Trinajstić information content (AvgIpc) is 2.39. The molecule has 0 aliphatic rings. The van der Waals surface area contributed by atoms with Gasteiger partial charge in [0.25, 0.3) is 0 Å². The molecule has 19 heavy (non-hydrogen) atoms. The van der Waals surface area contributed by atoms with Crippen LogP contribution in [0.3, 0.4) is 0 Å². The topological polar surface area (TPSA) is 42.1 Å². The standard InChI is InChI=1S/C15H18BrN3/c1-11(17)14-7-6-13(9-15(14)16)19(2)10-12-5-3-4-8-18-12/h3-9,11H,10,17H2,1-2H3/t11-/m0/s1. The summed E-state index contributed by atoms with van der Waals surface area (Å²) in [7, 11) is 2.06. The number of halogens is 1. The molecular weight excluding hydrogens is 302 g/mol. The lowest BCUT2D eigenvalue weighted by molar-refractivity contribution is 0.811. The number of hydrogen-bond donors (Lipinski definition) is 1. The summed E-state index contributed by atoms with van der Waals surface area (Å²) in [5, 5.41) is 0. The lowest BCUT2D eigenvalue weighted by Crippen LogP contribution is -2.17. The first-order chi connectivity index (χ1) is 9.08. The van der Waals surface area contributed by atoms with Crippen molar-refractivity contribution >= 4 is 21.6 Å². The van der Waals surface area contributed by atoms with E-state index in [1.54, 1.807) is 0 Å². The third-order valence-corrected chi connectivity index (χ3v) is 3.73. The Labute approximate surface area is 122 Å². The van der Waals surface area contributed by atoms with Gasteiger partial charge in [0.15, 0.2) is 0 Å². The van der Waals surface area contributed by atoms with Crippen LogP contribution in [0.4, 0.5) is 5.69 Å². The van der Waals surface area contributed by atoms with Crippen LogP contribution in [-0.4, -0.2) is 12.0 Å². The molecule has 1 heterocycles. The largest absolute Gasteiger partial charge is 0.369 e. The Morgan fingerprint density at radius 3 is 2.68 bits per heavy atom. The second kappa shape index (κ2) is 6.17. The van der Waals surface area contributed by atoms with Gasteiger partial charge in [-0.2, -0.15) is 0 Å². The number of hydrogen-bond acceptors (Lipinski definition) is 3. The van der Waals surface area contributed by atoms with Crippen molar-refractivity contribution in [2.75, 3.05) is 11.9 Å². The summed E-state index contributed by atoms with van der Waals surface area (Å²) in [4.78, 5) is 6.50. The fourth-order valence-corrected chi connectivity index (χ4v) is 2.68. The van der Waals surface area contributed by atoms with Gasteiger partial charge in [0.2, 0.25) is 0 Å². The highest BCUT2D eigenvalue weighted by Gasteiger charge is 2.08. The van der Waals surface area contributed by atoms with Crippen molar-refractivity contribution in [1.29, 1.82) is 0 Å². The molecule has 0 bridgehead atoms. The molecule has 1 atom stereocenters. The molecule has 0 aliphatic heterocycles. The summed E-state index contributed by atoms with van der Waals surface area (Å²) in [6, 6.07) is 12.3. The van der Waals surface area contributed by atoms with Gasteiger partial charge in [0, 0.05) is 29.4 Å². The number of nitrogens with two attached hydrogens (primary N) is 1. The van der Waals surface area contributed by atoms with Crippen molar-refractivity contribution in [2.24, 2.45) is 5.73 Å². The maximum atomic E-state index is 5.91. The van der Waals surface area contributed by atoms with Gasteiger partial charge in [-0.05, 0) is 36.8 Å². The minimum atomic E-state index is 0.0320. The van der Waals surface area contributed by atoms with E-state index in [-0.39, 0.29) is 6.04 Å². The number of benzene rings is 1. The van der Waals surface area contributed by atoms with Crippen LogP contribution in [0.25, 0.3) is 0 Å². The highest BCUT2D eigenvalue weighted by Crippen LogP contribution is 2.27. The molecule has 1 aromatic heterocycles. The zero-order valence-corrected chi connectivity index (χ0v) is 12.8. The molecule has 2 rings (SSSR count). The summed E-state index contributed by atoms with van der Waals surface area (Å²) in [6.07, 6.45) is 1.82. The van der Waals surface area contributed by atoms with Crippen LogP contribution in [0.2, 0.25) is 0 Å². The van der Waals surface area contributed by atoms with Gasteiger partial charge in [-0.25, -0.2) is 0 Å². The molecule has 0 amide bonds. The van der Waals surface area contributed by atoms with Crippen LogP contribution < -0.4 is 10.6 Å². The van der Waals surface area contributed by atoms with Crippen molar-refractivity contribution in [1.82, 2.24) is 4.98 Å². The maximum absolute atomic E-state index is 5.91. The maximum Gasteiger partial charge on any atom is 0.0598 e. The smallest absolute Gasteiger partial charge is 0.0598 e. The Hall–Kier alpha value is -1.39. The third kappa shape index (κ3) is 3.55. The number of nitrogens with zero attached hydrogens (tertiary/aromatic N) is 2. The van der Waals surface area contributed by atoms with Crippen LogP contribution in [-0.2, 0) is 6.54 Å². The summed E-state index contributed by atoms with van der Waals surface area (Å²) in [5.74, 6) is 0. The van der Waals surface area contributed by atoms with Crippen LogP contribution in [0, 0.1) is 0 Å². The summed E-state index contributed by atoms with van der Waals surface area (Å²) in [5.41, 5.74) is 9.22. The fourth-order valence-electron chi connectivity index (χ4n) is 1.95. The quantitative estimate of drug-likeness (QED) is 0.937. The highest BCUT2D eigenvalue weighted by molar-refractivity contribution is 9.10. The van der Waals surface area contributed by atoms with Crippen LogP contribution >= 0.6 is 15.9 Å². The molecule has 4 heteroatoms. The molecule has 0 saturated heterocycles. The SMILES string of the molecule is C[C@H](N)c1ccc(N(C)Cc2ccccn2)cc1Br. The van der Waals surface area contributed by atoms with E-state index in [9.17, 15) is 0 Å². The van der Waals surface area contributed by atoms with Gasteiger partial charge in [-0.3, -0.25) is 4.98 Å². The minimum absolute atomic E-state index is 0.0320. The van der Waals surface area contributed by atoms with E-state index in [2.05, 4.69) is 51.1 Å². The van der Waals surface area contributed by atoms with Gasteiger partial charge in [0.05, 0.1) is 12.2 Å². The summed E-state index contributed by atoms with van der Waals surface area (Å²) >= 11 is 3.58. The average molecular weight is 320 g/mol. The molecule has 0 saturated carbocycles. The molecule has 0 fully saturated rings. The lowest BCUT2D eigenvalue weighted by Gasteiger charge is -2.20. The second-order valence-corrected chi connectivity index (χ2v) is 5.53. The minimum Gasteiger partial charge on any atom is -0.369 e. The predicted molar refractivity (Wildman–Crippen MR) is 83.1 cm³/mol. The zero-order valence-electron chi connectivity index (χ0n) is 11.2. The summed E-state index contributed by atoms with van der Waals surface area (Å²) in [6.45, 7) is 2.77. The van der Waals surface area contributed by atoms with Gasteiger partial charge < -0.3 is 10.6 Å². The molecule has 100 valence electrons. The monoisotopic (exact) mass is 319 g/mol. The Morgan fingerprint density at radius 1 is 1.32 bits per heavy atom. The molecule has 2 N–H and O–H groups in total. The summed E-state index contributed by atoms with van der Waals surface area (Å²) < 4.78 is 1.05. The normalized spacial score (nSPS) is 12.2. The number of aromatic nitrogens is 1. The Kier molecular flexibility index (Phi) is 4.56. The van der Waals surface area contributed by atoms with Gasteiger partial charge in [0.1, 0.15) is 0 Å². The van der Waals surface area contributed by atoms with E-state index in [1.807, 2.05) is 31.3 Å². The lowest BCUT2D eigenvalue weighted by atomic mass is 10.1. The Morgan fingerprint density at radius 2 is 2.11 bits per heavy atom. The van der Waals surface area contributed by atoms with Crippen molar-refractivity contribution in [3.63, 3.8) is 0 Å². The van der Waals surface area contributed by atoms with E-state index in [0.717, 1.165) is 28.0 Å². The number of pyridine rings is 1.